The van der Waals surface area contributed by atoms with Crippen LogP contribution < -0.4 is 5.32 Å². The molecule has 0 atom stereocenters. The third-order valence-electron chi connectivity index (χ3n) is 1.98. The fourth-order valence-electron chi connectivity index (χ4n) is 1.21. The van der Waals surface area contributed by atoms with Crippen LogP contribution >= 0.6 is 39.3 Å². The summed E-state index contributed by atoms with van der Waals surface area (Å²) in [7, 11) is 0. The second-order valence-corrected chi connectivity index (χ2v) is 5.75. The standard InChI is InChI=1S/C12H15BrClNS/c1-2-6-16-7-5-15-9-10-8-11(13)3-4-12(10)14/h2-4,8,15H,1,5-7,9H2. The Morgan fingerprint density at radius 2 is 2.31 bits per heavy atom. The van der Waals surface area contributed by atoms with E-state index in [2.05, 4.69) is 27.8 Å². The van der Waals surface area contributed by atoms with Gasteiger partial charge in [0.05, 0.1) is 0 Å². The first-order chi connectivity index (χ1) is 7.74. The van der Waals surface area contributed by atoms with Gasteiger partial charge in [0.25, 0.3) is 0 Å². The van der Waals surface area contributed by atoms with E-state index in [-0.39, 0.29) is 0 Å². The molecule has 1 rings (SSSR count). The van der Waals surface area contributed by atoms with Gasteiger partial charge in [0.2, 0.25) is 0 Å². The Labute approximate surface area is 115 Å². The van der Waals surface area contributed by atoms with Gasteiger partial charge in [-0.1, -0.05) is 33.6 Å². The van der Waals surface area contributed by atoms with Crippen LogP contribution in [0.5, 0.6) is 0 Å². The predicted octanol–water partition coefficient (Wildman–Crippen LogP) is 4.11. The number of hydrogen-bond donors (Lipinski definition) is 1. The summed E-state index contributed by atoms with van der Waals surface area (Å²) in [4.78, 5) is 0. The van der Waals surface area contributed by atoms with Gasteiger partial charge in [0.1, 0.15) is 0 Å². The predicted molar refractivity (Wildman–Crippen MR) is 78.4 cm³/mol. The minimum Gasteiger partial charge on any atom is -0.312 e. The van der Waals surface area contributed by atoms with Crippen LogP contribution in [0.15, 0.2) is 35.3 Å². The Morgan fingerprint density at radius 3 is 3.06 bits per heavy atom. The highest BCUT2D eigenvalue weighted by Crippen LogP contribution is 2.20. The molecule has 1 N–H and O–H groups in total. The lowest BCUT2D eigenvalue weighted by molar-refractivity contribution is 0.732. The van der Waals surface area contributed by atoms with E-state index < -0.39 is 0 Å². The summed E-state index contributed by atoms with van der Waals surface area (Å²) in [6.07, 6.45) is 1.93. The lowest BCUT2D eigenvalue weighted by Crippen LogP contribution is -2.16. The van der Waals surface area contributed by atoms with E-state index in [4.69, 9.17) is 11.6 Å². The molecular formula is C12H15BrClNS. The quantitative estimate of drug-likeness (QED) is 0.599. The molecule has 0 saturated carbocycles. The zero-order valence-corrected chi connectivity index (χ0v) is 12.2. The summed E-state index contributed by atoms with van der Waals surface area (Å²) in [6.45, 7) is 5.48. The molecule has 0 spiro atoms. The van der Waals surface area contributed by atoms with Crippen molar-refractivity contribution in [3.63, 3.8) is 0 Å². The van der Waals surface area contributed by atoms with Gasteiger partial charge in [-0.3, -0.25) is 0 Å². The van der Waals surface area contributed by atoms with Crippen molar-refractivity contribution in [2.75, 3.05) is 18.1 Å². The van der Waals surface area contributed by atoms with Crippen molar-refractivity contribution in [3.8, 4) is 0 Å². The van der Waals surface area contributed by atoms with Crippen LogP contribution in [-0.4, -0.2) is 18.1 Å². The van der Waals surface area contributed by atoms with Gasteiger partial charge >= 0.3 is 0 Å². The highest BCUT2D eigenvalue weighted by atomic mass is 79.9. The van der Waals surface area contributed by atoms with E-state index in [1.54, 1.807) is 0 Å². The van der Waals surface area contributed by atoms with Crippen molar-refractivity contribution in [2.24, 2.45) is 0 Å². The summed E-state index contributed by atoms with van der Waals surface area (Å²) in [5.74, 6) is 2.11. The molecule has 88 valence electrons. The number of thioether (sulfide) groups is 1. The molecular weight excluding hydrogens is 306 g/mol. The van der Waals surface area contributed by atoms with E-state index in [1.807, 2.05) is 36.0 Å². The minimum atomic E-state index is 0.812. The summed E-state index contributed by atoms with van der Waals surface area (Å²) >= 11 is 11.4. The molecule has 0 saturated heterocycles. The summed E-state index contributed by atoms with van der Waals surface area (Å²) in [6, 6.07) is 5.91. The van der Waals surface area contributed by atoms with Crippen LogP contribution in [0.3, 0.4) is 0 Å². The molecule has 0 bridgehead atoms. The van der Waals surface area contributed by atoms with Crippen LogP contribution in [0.1, 0.15) is 5.56 Å². The van der Waals surface area contributed by atoms with Crippen molar-refractivity contribution >= 4 is 39.3 Å². The molecule has 0 radical (unpaired) electrons. The average molecular weight is 321 g/mol. The molecule has 0 aliphatic heterocycles. The fraction of sp³-hybridized carbons (Fsp3) is 0.333. The molecule has 0 heterocycles. The molecule has 0 amide bonds. The zero-order chi connectivity index (χ0) is 11.8. The number of rotatable bonds is 7. The maximum absolute atomic E-state index is 6.08. The summed E-state index contributed by atoms with van der Waals surface area (Å²) < 4.78 is 1.06. The molecule has 0 fully saturated rings. The van der Waals surface area contributed by atoms with E-state index in [0.29, 0.717) is 0 Å². The molecule has 1 aromatic rings. The first-order valence-electron chi connectivity index (χ1n) is 5.07. The van der Waals surface area contributed by atoms with Gasteiger partial charge in [0.15, 0.2) is 0 Å². The van der Waals surface area contributed by atoms with Crippen LogP contribution in [0.4, 0.5) is 0 Å². The Kier molecular flexibility index (Phi) is 7.21. The van der Waals surface area contributed by atoms with Gasteiger partial charge in [-0.05, 0) is 23.8 Å². The number of hydrogen-bond acceptors (Lipinski definition) is 2. The average Bonchev–Trinajstić information content (AvgIpc) is 2.28. The van der Waals surface area contributed by atoms with Gasteiger partial charge in [-0.25, -0.2) is 0 Å². The smallest absolute Gasteiger partial charge is 0.0451 e. The normalized spacial score (nSPS) is 10.4. The zero-order valence-electron chi connectivity index (χ0n) is 9.01. The third kappa shape index (κ3) is 5.39. The summed E-state index contributed by atoms with van der Waals surface area (Å²) in [5, 5.41) is 4.18. The number of nitrogens with one attached hydrogen (secondary N) is 1. The highest BCUT2D eigenvalue weighted by molar-refractivity contribution is 9.10. The maximum Gasteiger partial charge on any atom is 0.0451 e. The van der Waals surface area contributed by atoms with Gasteiger partial charge < -0.3 is 5.32 Å². The van der Waals surface area contributed by atoms with Crippen LogP contribution in [0.25, 0.3) is 0 Å². The van der Waals surface area contributed by atoms with E-state index in [0.717, 1.165) is 39.7 Å². The maximum atomic E-state index is 6.08. The summed E-state index contributed by atoms with van der Waals surface area (Å²) in [5.41, 5.74) is 1.13. The van der Waals surface area contributed by atoms with Crippen LogP contribution in [0.2, 0.25) is 5.02 Å². The third-order valence-corrected chi connectivity index (χ3v) is 3.81. The highest BCUT2D eigenvalue weighted by Gasteiger charge is 2.00. The Hall–Kier alpha value is 0.0400. The first kappa shape index (κ1) is 14.1. The van der Waals surface area contributed by atoms with Crippen LogP contribution in [0, 0.1) is 0 Å². The molecule has 16 heavy (non-hydrogen) atoms. The SMILES string of the molecule is C=CCSCCNCc1cc(Br)ccc1Cl. The minimum absolute atomic E-state index is 0.812. The Bertz CT molecular complexity index is 344. The topological polar surface area (TPSA) is 12.0 Å². The molecule has 0 aliphatic rings. The van der Waals surface area contributed by atoms with E-state index in [1.165, 1.54) is 0 Å². The van der Waals surface area contributed by atoms with E-state index in [9.17, 15) is 0 Å². The Balaban J connectivity index is 2.26. The lowest BCUT2D eigenvalue weighted by atomic mass is 10.2. The van der Waals surface area contributed by atoms with Crippen molar-refractivity contribution in [2.45, 2.75) is 6.54 Å². The van der Waals surface area contributed by atoms with Crippen molar-refractivity contribution in [1.29, 1.82) is 0 Å². The number of halogens is 2. The van der Waals surface area contributed by atoms with Crippen molar-refractivity contribution < 1.29 is 0 Å². The van der Waals surface area contributed by atoms with Crippen molar-refractivity contribution in [3.05, 3.63) is 45.9 Å². The number of benzene rings is 1. The monoisotopic (exact) mass is 319 g/mol. The first-order valence-corrected chi connectivity index (χ1v) is 7.40. The Morgan fingerprint density at radius 1 is 1.50 bits per heavy atom. The van der Waals surface area contributed by atoms with Crippen LogP contribution in [-0.2, 0) is 6.54 Å². The molecule has 0 aromatic heterocycles. The van der Waals surface area contributed by atoms with Gasteiger partial charge in [-0.15, -0.1) is 6.58 Å². The van der Waals surface area contributed by atoms with E-state index >= 15 is 0 Å². The lowest BCUT2D eigenvalue weighted by Gasteiger charge is -2.06. The second kappa shape index (κ2) is 8.18. The largest absolute Gasteiger partial charge is 0.312 e. The molecule has 0 aliphatic carbocycles. The molecule has 1 nitrogen and oxygen atoms in total. The van der Waals surface area contributed by atoms with Crippen molar-refractivity contribution in [1.82, 2.24) is 5.32 Å². The molecule has 4 heteroatoms. The molecule has 1 aromatic carbocycles. The second-order valence-electron chi connectivity index (χ2n) is 3.28. The fourth-order valence-corrected chi connectivity index (χ4v) is 2.43. The van der Waals surface area contributed by atoms with Gasteiger partial charge in [-0.2, -0.15) is 11.8 Å². The van der Waals surface area contributed by atoms with Gasteiger partial charge in [0, 0.05) is 34.1 Å². The molecule has 0 unspecified atom stereocenters.